The molecule has 0 radical (unpaired) electrons. The van der Waals surface area contributed by atoms with E-state index in [9.17, 15) is 5.11 Å². The van der Waals surface area contributed by atoms with Crippen LogP contribution < -0.4 is 5.32 Å². The van der Waals surface area contributed by atoms with Gasteiger partial charge in [0.1, 0.15) is 0 Å². The summed E-state index contributed by atoms with van der Waals surface area (Å²) in [6.07, 6.45) is 2.63. The molecule has 0 spiro atoms. The lowest BCUT2D eigenvalue weighted by Crippen LogP contribution is -2.39. The minimum Gasteiger partial charge on any atom is -0.388 e. The molecule has 1 saturated heterocycles. The van der Waals surface area contributed by atoms with Crippen LogP contribution in [-0.2, 0) is 6.54 Å². The maximum Gasteiger partial charge on any atom is 0.0789 e. The summed E-state index contributed by atoms with van der Waals surface area (Å²) in [7, 11) is 0. The minimum absolute atomic E-state index is 0.0206. The zero-order valence-electron chi connectivity index (χ0n) is 12.3. The van der Waals surface area contributed by atoms with Crippen molar-refractivity contribution in [3.05, 3.63) is 29.8 Å². The molecule has 0 saturated carbocycles. The minimum atomic E-state index is -0.721. The van der Waals surface area contributed by atoms with Crippen molar-refractivity contribution in [2.24, 2.45) is 0 Å². The number of nitrogens with zero attached hydrogens (tertiary/aromatic N) is 1. The Morgan fingerprint density at radius 1 is 1.26 bits per heavy atom. The van der Waals surface area contributed by atoms with Crippen molar-refractivity contribution in [2.75, 3.05) is 18.4 Å². The molecule has 19 heavy (non-hydrogen) atoms. The first kappa shape index (κ1) is 14.4. The summed E-state index contributed by atoms with van der Waals surface area (Å²) in [4.78, 5) is 2.50. The van der Waals surface area contributed by atoms with Crippen LogP contribution in [0.4, 0.5) is 5.69 Å². The summed E-state index contributed by atoms with van der Waals surface area (Å²) in [6, 6.07) is 8.44. The standard InChI is InChI=1S/C16H26N2O/c1-13(16(2,3)19)17-15-9-5-4-8-14(15)12-18-10-6-7-11-18/h4-5,8-9,13,17,19H,6-7,10-12H2,1-3H3. The van der Waals surface area contributed by atoms with Crippen molar-refractivity contribution in [2.45, 2.75) is 51.8 Å². The summed E-state index contributed by atoms with van der Waals surface area (Å²) >= 11 is 0. The van der Waals surface area contributed by atoms with Crippen LogP contribution >= 0.6 is 0 Å². The highest BCUT2D eigenvalue weighted by molar-refractivity contribution is 5.52. The second-order valence-electron chi connectivity index (χ2n) is 6.16. The number of likely N-dealkylation sites (tertiary alicyclic amines) is 1. The third-order valence-corrected chi connectivity index (χ3v) is 4.04. The van der Waals surface area contributed by atoms with Crippen LogP contribution in [0.3, 0.4) is 0 Å². The van der Waals surface area contributed by atoms with E-state index in [0.717, 1.165) is 12.2 Å². The number of para-hydroxylation sites is 1. The Bertz CT molecular complexity index is 405. The molecule has 106 valence electrons. The maximum atomic E-state index is 10.0. The van der Waals surface area contributed by atoms with Crippen LogP contribution in [0.15, 0.2) is 24.3 Å². The van der Waals surface area contributed by atoms with Crippen LogP contribution in [0.5, 0.6) is 0 Å². The topological polar surface area (TPSA) is 35.5 Å². The second-order valence-corrected chi connectivity index (χ2v) is 6.16. The van der Waals surface area contributed by atoms with Crippen LogP contribution in [0, 0.1) is 0 Å². The Hall–Kier alpha value is -1.06. The first-order chi connectivity index (χ1) is 8.97. The van der Waals surface area contributed by atoms with Crippen molar-refractivity contribution in [3.8, 4) is 0 Å². The van der Waals surface area contributed by atoms with Crippen molar-refractivity contribution in [1.82, 2.24) is 4.90 Å². The van der Waals surface area contributed by atoms with Gasteiger partial charge in [0.2, 0.25) is 0 Å². The number of anilines is 1. The van der Waals surface area contributed by atoms with E-state index in [0.29, 0.717) is 0 Å². The highest BCUT2D eigenvalue weighted by Crippen LogP contribution is 2.22. The average molecular weight is 262 g/mol. The molecule has 1 heterocycles. The molecule has 1 atom stereocenters. The van der Waals surface area contributed by atoms with Crippen molar-refractivity contribution in [1.29, 1.82) is 0 Å². The fourth-order valence-corrected chi connectivity index (χ4v) is 2.39. The van der Waals surface area contributed by atoms with Crippen LogP contribution in [0.2, 0.25) is 0 Å². The Morgan fingerprint density at radius 3 is 2.53 bits per heavy atom. The fourth-order valence-electron chi connectivity index (χ4n) is 2.39. The molecule has 1 unspecified atom stereocenters. The van der Waals surface area contributed by atoms with E-state index < -0.39 is 5.60 Å². The maximum absolute atomic E-state index is 10.0. The number of aliphatic hydroxyl groups is 1. The lowest BCUT2D eigenvalue weighted by molar-refractivity contribution is 0.0648. The number of hydrogen-bond donors (Lipinski definition) is 2. The molecule has 0 aliphatic carbocycles. The summed E-state index contributed by atoms with van der Waals surface area (Å²) in [5.74, 6) is 0. The molecule has 1 aromatic carbocycles. The average Bonchev–Trinajstić information content (AvgIpc) is 2.83. The van der Waals surface area contributed by atoms with E-state index in [1.54, 1.807) is 0 Å². The molecular formula is C16H26N2O. The lowest BCUT2D eigenvalue weighted by atomic mass is 10.00. The Labute approximate surface area is 116 Å². The smallest absolute Gasteiger partial charge is 0.0789 e. The van der Waals surface area contributed by atoms with Crippen LogP contribution in [0.25, 0.3) is 0 Å². The number of nitrogens with one attached hydrogen (secondary N) is 1. The summed E-state index contributed by atoms with van der Waals surface area (Å²) in [5.41, 5.74) is 1.74. The highest BCUT2D eigenvalue weighted by Gasteiger charge is 2.23. The summed E-state index contributed by atoms with van der Waals surface area (Å²) in [5, 5.41) is 13.5. The van der Waals surface area contributed by atoms with Gasteiger partial charge in [0.15, 0.2) is 0 Å². The van der Waals surface area contributed by atoms with Gasteiger partial charge in [0.25, 0.3) is 0 Å². The predicted molar refractivity (Wildman–Crippen MR) is 80.3 cm³/mol. The van der Waals surface area contributed by atoms with Crippen molar-refractivity contribution >= 4 is 5.69 Å². The highest BCUT2D eigenvalue weighted by atomic mass is 16.3. The second kappa shape index (κ2) is 5.93. The van der Waals surface area contributed by atoms with Gasteiger partial charge < -0.3 is 10.4 Å². The Balaban J connectivity index is 2.07. The monoisotopic (exact) mass is 262 g/mol. The van der Waals surface area contributed by atoms with Crippen LogP contribution in [0.1, 0.15) is 39.2 Å². The zero-order chi connectivity index (χ0) is 13.9. The van der Waals surface area contributed by atoms with E-state index in [4.69, 9.17) is 0 Å². The molecule has 0 bridgehead atoms. The molecule has 2 N–H and O–H groups in total. The van der Waals surface area contributed by atoms with Crippen molar-refractivity contribution < 1.29 is 5.11 Å². The predicted octanol–water partition coefficient (Wildman–Crippen LogP) is 2.85. The van der Waals surface area contributed by atoms with E-state index in [2.05, 4.69) is 28.4 Å². The quantitative estimate of drug-likeness (QED) is 0.856. The normalized spacial score (nSPS) is 18.5. The van der Waals surface area contributed by atoms with Crippen molar-refractivity contribution in [3.63, 3.8) is 0 Å². The molecule has 1 fully saturated rings. The summed E-state index contributed by atoms with van der Waals surface area (Å²) < 4.78 is 0. The van der Waals surface area contributed by atoms with Gasteiger partial charge in [0.05, 0.1) is 11.6 Å². The SMILES string of the molecule is CC(Nc1ccccc1CN1CCCC1)C(C)(C)O. The third kappa shape index (κ3) is 3.95. The number of rotatable bonds is 5. The molecular weight excluding hydrogens is 236 g/mol. The first-order valence-electron chi connectivity index (χ1n) is 7.26. The summed E-state index contributed by atoms with van der Waals surface area (Å²) in [6.45, 7) is 9.11. The number of hydrogen-bond acceptors (Lipinski definition) is 3. The third-order valence-electron chi connectivity index (χ3n) is 4.04. The largest absolute Gasteiger partial charge is 0.388 e. The Kier molecular flexibility index (Phi) is 4.48. The molecule has 0 amide bonds. The van der Waals surface area contributed by atoms with Gasteiger partial charge in [0, 0.05) is 12.2 Å². The van der Waals surface area contributed by atoms with Gasteiger partial charge in [-0.05, 0) is 58.3 Å². The van der Waals surface area contributed by atoms with E-state index >= 15 is 0 Å². The van der Waals surface area contributed by atoms with Gasteiger partial charge in [-0.2, -0.15) is 0 Å². The van der Waals surface area contributed by atoms with Crippen LogP contribution in [-0.4, -0.2) is 34.7 Å². The van der Waals surface area contributed by atoms with Gasteiger partial charge in [-0.25, -0.2) is 0 Å². The van der Waals surface area contributed by atoms with E-state index in [-0.39, 0.29) is 6.04 Å². The lowest BCUT2D eigenvalue weighted by Gasteiger charge is -2.29. The molecule has 3 heteroatoms. The van der Waals surface area contributed by atoms with Gasteiger partial charge >= 0.3 is 0 Å². The molecule has 1 aliphatic heterocycles. The molecule has 1 aliphatic rings. The van der Waals surface area contributed by atoms with E-state index in [1.165, 1.54) is 31.5 Å². The Morgan fingerprint density at radius 2 is 1.89 bits per heavy atom. The van der Waals surface area contributed by atoms with E-state index in [1.807, 2.05) is 26.8 Å². The molecule has 3 nitrogen and oxygen atoms in total. The van der Waals surface area contributed by atoms with Gasteiger partial charge in [-0.15, -0.1) is 0 Å². The zero-order valence-corrected chi connectivity index (χ0v) is 12.3. The fraction of sp³-hybridized carbons (Fsp3) is 0.625. The molecule has 0 aromatic heterocycles. The number of benzene rings is 1. The first-order valence-corrected chi connectivity index (χ1v) is 7.26. The van der Waals surface area contributed by atoms with Gasteiger partial charge in [-0.3, -0.25) is 4.90 Å². The molecule has 1 aromatic rings. The van der Waals surface area contributed by atoms with Gasteiger partial charge in [-0.1, -0.05) is 18.2 Å². The molecule has 2 rings (SSSR count).